The second-order valence-corrected chi connectivity index (χ2v) is 10.6. The van der Waals surface area contributed by atoms with Gasteiger partial charge in [0.1, 0.15) is 17.5 Å². The zero-order valence-corrected chi connectivity index (χ0v) is 17.9. The molecule has 0 amide bonds. The van der Waals surface area contributed by atoms with Crippen molar-refractivity contribution in [3.05, 3.63) is 0 Å². The van der Waals surface area contributed by atoms with Gasteiger partial charge in [-0.15, -0.1) is 0 Å². The minimum atomic E-state index is -0.457. The van der Waals surface area contributed by atoms with Gasteiger partial charge in [0.15, 0.2) is 0 Å². The normalized spacial score (nSPS) is 52.5. The number of carbonyl (C=O) groups excluding carboxylic acids is 3. The van der Waals surface area contributed by atoms with Crippen LogP contribution in [0.15, 0.2) is 0 Å². The molecule has 0 bridgehead atoms. The summed E-state index contributed by atoms with van der Waals surface area (Å²) in [5.41, 5.74) is -0.876. The smallest absolute Gasteiger partial charge is 0.309 e. The average Bonchev–Trinajstić information content (AvgIpc) is 3.32. The zero-order valence-electron chi connectivity index (χ0n) is 17.9. The fourth-order valence-electron chi connectivity index (χ4n) is 8.30. The lowest BCUT2D eigenvalue weighted by atomic mass is 9.44. The van der Waals surface area contributed by atoms with E-state index in [2.05, 4.69) is 13.8 Å². The van der Waals surface area contributed by atoms with Crippen LogP contribution in [-0.2, 0) is 28.6 Å². The van der Waals surface area contributed by atoms with Crippen LogP contribution in [0.5, 0.6) is 0 Å². The Kier molecular flexibility index (Phi) is 4.08. The summed E-state index contributed by atoms with van der Waals surface area (Å²) in [5.74, 6) is 0.184. The van der Waals surface area contributed by atoms with Crippen molar-refractivity contribution in [3.8, 4) is 0 Å². The molecule has 5 fully saturated rings. The van der Waals surface area contributed by atoms with E-state index in [1.54, 1.807) is 0 Å². The van der Waals surface area contributed by atoms with Crippen molar-refractivity contribution in [2.75, 3.05) is 7.11 Å². The Morgan fingerprint density at radius 1 is 1.14 bits per heavy atom. The number of fused-ring (bicyclic) bond motifs is 3. The maximum absolute atomic E-state index is 13.6. The van der Waals surface area contributed by atoms with E-state index in [0.29, 0.717) is 24.5 Å². The SMILES string of the molecule is COC(=O)[C@@H]1C[C@@H]2O[C@@]23[C@@H]2CC[C@@H]4C[C@H](OC(C)=O)CC[C@]4(C)[C@@H]2C(=O)C[C@@]13C. The molecule has 5 aliphatic rings. The Labute approximate surface area is 172 Å². The molecule has 0 aromatic carbocycles. The fourth-order valence-corrected chi connectivity index (χ4v) is 8.30. The molecule has 0 N–H and O–H groups in total. The van der Waals surface area contributed by atoms with Gasteiger partial charge < -0.3 is 14.2 Å². The first kappa shape index (κ1) is 19.5. The number of hydrogen-bond donors (Lipinski definition) is 0. The Bertz CT molecular complexity index is 777. The summed E-state index contributed by atoms with van der Waals surface area (Å²) < 4.78 is 17.0. The molecule has 4 saturated carbocycles. The topological polar surface area (TPSA) is 82.2 Å². The quantitative estimate of drug-likeness (QED) is 0.520. The van der Waals surface area contributed by atoms with E-state index in [4.69, 9.17) is 14.2 Å². The van der Waals surface area contributed by atoms with Crippen LogP contribution in [-0.4, -0.2) is 42.6 Å². The van der Waals surface area contributed by atoms with Crippen LogP contribution in [0.2, 0.25) is 0 Å². The van der Waals surface area contributed by atoms with Crippen molar-refractivity contribution in [1.29, 1.82) is 0 Å². The van der Waals surface area contributed by atoms with E-state index >= 15 is 0 Å². The van der Waals surface area contributed by atoms with Crippen LogP contribution >= 0.6 is 0 Å². The molecule has 4 aliphatic carbocycles. The molecule has 29 heavy (non-hydrogen) atoms. The van der Waals surface area contributed by atoms with Crippen LogP contribution in [0.4, 0.5) is 0 Å². The maximum Gasteiger partial charge on any atom is 0.309 e. The van der Waals surface area contributed by atoms with Gasteiger partial charge in [0, 0.05) is 30.6 Å². The number of ether oxygens (including phenoxy) is 3. The molecular formula is C23H32O6. The van der Waals surface area contributed by atoms with E-state index in [0.717, 1.165) is 32.1 Å². The predicted octanol–water partition coefficient (Wildman–Crippen LogP) is 3.06. The Hall–Kier alpha value is -1.43. The number of Topliss-reactive ketones (excluding diaryl/α,β-unsaturated/α-hetero) is 1. The van der Waals surface area contributed by atoms with Crippen molar-refractivity contribution in [2.24, 2.45) is 34.5 Å². The van der Waals surface area contributed by atoms with Crippen LogP contribution in [0.25, 0.3) is 0 Å². The van der Waals surface area contributed by atoms with Gasteiger partial charge in [0.05, 0.1) is 19.1 Å². The molecular weight excluding hydrogens is 372 g/mol. The van der Waals surface area contributed by atoms with Crippen molar-refractivity contribution in [2.45, 2.75) is 83.5 Å². The van der Waals surface area contributed by atoms with Gasteiger partial charge in [-0.1, -0.05) is 13.8 Å². The Balaban J connectivity index is 1.46. The third-order valence-corrected chi connectivity index (χ3v) is 9.55. The first-order valence-electron chi connectivity index (χ1n) is 11.1. The molecule has 5 rings (SSSR count). The summed E-state index contributed by atoms with van der Waals surface area (Å²) in [7, 11) is 1.43. The van der Waals surface area contributed by atoms with Crippen LogP contribution < -0.4 is 0 Å². The highest BCUT2D eigenvalue weighted by atomic mass is 16.6. The van der Waals surface area contributed by atoms with E-state index in [1.807, 2.05) is 0 Å². The number of epoxide rings is 1. The third kappa shape index (κ3) is 2.35. The van der Waals surface area contributed by atoms with Crippen LogP contribution in [0.3, 0.4) is 0 Å². The Morgan fingerprint density at radius 3 is 2.59 bits per heavy atom. The highest BCUT2D eigenvalue weighted by Gasteiger charge is 2.83. The van der Waals surface area contributed by atoms with Gasteiger partial charge in [-0.25, -0.2) is 0 Å². The summed E-state index contributed by atoms with van der Waals surface area (Å²) in [5, 5.41) is 0. The molecule has 0 aromatic rings. The molecule has 1 heterocycles. The Morgan fingerprint density at radius 2 is 1.90 bits per heavy atom. The summed E-state index contributed by atoms with van der Waals surface area (Å²) >= 11 is 0. The van der Waals surface area contributed by atoms with E-state index in [9.17, 15) is 14.4 Å². The van der Waals surface area contributed by atoms with Gasteiger partial charge in [0.2, 0.25) is 0 Å². The van der Waals surface area contributed by atoms with Gasteiger partial charge >= 0.3 is 11.9 Å². The lowest BCUT2D eigenvalue weighted by Crippen LogP contribution is -2.62. The van der Waals surface area contributed by atoms with Gasteiger partial charge in [-0.3, -0.25) is 14.4 Å². The minimum Gasteiger partial charge on any atom is -0.469 e. The van der Waals surface area contributed by atoms with Crippen LogP contribution in [0.1, 0.15) is 65.7 Å². The highest BCUT2D eigenvalue weighted by Crippen LogP contribution is 2.75. The first-order chi connectivity index (χ1) is 13.7. The molecule has 1 spiro atoms. The van der Waals surface area contributed by atoms with E-state index in [1.165, 1.54) is 14.0 Å². The number of methoxy groups -OCH3 is 1. The predicted molar refractivity (Wildman–Crippen MR) is 103 cm³/mol. The molecule has 1 aliphatic heterocycles. The van der Waals surface area contributed by atoms with E-state index < -0.39 is 5.41 Å². The van der Waals surface area contributed by atoms with Crippen molar-refractivity contribution < 1.29 is 28.6 Å². The van der Waals surface area contributed by atoms with Gasteiger partial charge in [0.25, 0.3) is 0 Å². The number of ketones is 1. The lowest BCUT2D eigenvalue weighted by Gasteiger charge is -2.59. The molecule has 6 heteroatoms. The molecule has 9 atom stereocenters. The monoisotopic (exact) mass is 404 g/mol. The largest absolute Gasteiger partial charge is 0.469 e. The van der Waals surface area contributed by atoms with Crippen molar-refractivity contribution >= 4 is 17.7 Å². The summed E-state index contributed by atoms with van der Waals surface area (Å²) in [6.07, 6.45) is 5.69. The zero-order chi connectivity index (χ0) is 20.8. The van der Waals surface area contributed by atoms with Gasteiger partial charge in [-0.05, 0) is 49.9 Å². The van der Waals surface area contributed by atoms with E-state index in [-0.39, 0.29) is 52.9 Å². The fraction of sp³-hybridized carbons (Fsp3) is 0.870. The number of hydrogen-bond acceptors (Lipinski definition) is 6. The third-order valence-electron chi connectivity index (χ3n) is 9.55. The first-order valence-corrected chi connectivity index (χ1v) is 11.1. The highest BCUT2D eigenvalue weighted by molar-refractivity contribution is 5.87. The summed E-state index contributed by atoms with van der Waals surface area (Å²) in [6, 6.07) is 0. The van der Waals surface area contributed by atoms with Crippen LogP contribution in [0, 0.1) is 34.5 Å². The lowest BCUT2D eigenvalue weighted by molar-refractivity contribution is -0.179. The summed E-state index contributed by atoms with van der Waals surface area (Å²) in [6.45, 7) is 5.83. The molecule has 0 unspecified atom stereocenters. The maximum atomic E-state index is 13.6. The van der Waals surface area contributed by atoms with Crippen molar-refractivity contribution in [3.63, 3.8) is 0 Å². The average molecular weight is 405 g/mol. The standard InChI is InChI=1S/C23H32O6/c1-12(24)28-14-7-8-21(2)13(9-14)5-6-15-19(21)17(25)11-22(3)16(20(26)27-4)10-18-23(15,22)29-18/h13-16,18-19H,5-11H2,1-4H3/t13-,14-,15-,16+,18+,19+,21+,22+,23+/m1/s1. The number of carbonyl (C=O) groups is 3. The molecule has 1 saturated heterocycles. The molecule has 0 aromatic heterocycles. The van der Waals surface area contributed by atoms with Crippen molar-refractivity contribution in [1.82, 2.24) is 0 Å². The molecule has 160 valence electrons. The number of esters is 2. The second kappa shape index (κ2) is 6.05. The number of rotatable bonds is 2. The minimum absolute atomic E-state index is 0.0194. The summed E-state index contributed by atoms with van der Waals surface area (Å²) in [4.78, 5) is 37.5. The molecule has 0 radical (unpaired) electrons. The molecule has 6 nitrogen and oxygen atoms in total. The van der Waals surface area contributed by atoms with Gasteiger partial charge in [-0.2, -0.15) is 0 Å². The second-order valence-electron chi connectivity index (χ2n) is 10.6.